The summed E-state index contributed by atoms with van der Waals surface area (Å²) < 4.78 is 7.30. The highest BCUT2D eigenvalue weighted by atomic mass is 32.1. The molecule has 28 heavy (non-hydrogen) atoms. The standard InChI is InChI=1S/C21H21N3O3S/c1-12-14(3)28-20-19(12)21(26)24(11-22-20)9-8-18(25)23-13(2)17-10-15-6-4-5-7-16(15)27-17/h4-7,10-11,13H,8-9H2,1-3H3,(H,23,25). The van der Waals surface area contributed by atoms with Gasteiger partial charge in [0.2, 0.25) is 5.91 Å². The highest BCUT2D eigenvalue weighted by Gasteiger charge is 2.16. The van der Waals surface area contributed by atoms with E-state index in [1.165, 1.54) is 22.2 Å². The van der Waals surface area contributed by atoms with E-state index in [1.54, 1.807) is 0 Å². The number of carbonyl (C=O) groups is 1. The number of benzene rings is 1. The second-order valence-electron chi connectivity index (χ2n) is 6.93. The topological polar surface area (TPSA) is 77.1 Å². The number of aromatic nitrogens is 2. The van der Waals surface area contributed by atoms with E-state index in [2.05, 4.69) is 10.3 Å². The zero-order valence-corrected chi connectivity index (χ0v) is 16.8. The van der Waals surface area contributed by atoms with Crippen LogP contribution < -0.4 is 10.9 Å². The molecule has 0 spiro atoms. The number of nitrogens with zero attached hydrogens (tertiary/aromatic N) is 2. The molecule has 4 aromatic rings. The van der Waals surface area contributed by atoms with E-state index in [0.717, 1.165) is 26.2 Å². The quantitative estimate of drug-likeness (QED) is 0.552. The van der Waals surface area contributed by atoms with Gasteiger partial charge in [0, 0.05) is 23.2 Å². The van der Waals surface area contributed by atoms with Crippen molar-refractivity contribution in [3.8, 4) is 0 Å². The molecule has 6 nitrogen and oxygen atoms in total. The van der Waals surface area contributed by atoms with E-state index < -0.39 is 0 Å². The van der Waals surface area contributed by atoms with E-state index in [0.29, 0.717) is 11.1 Å². The Balaban J connectivity index is 1.44. The summed E-state index contributed by atoms with van der Waals surface area (Å²) in [7, 11) is 0. The van der Waals surface area contributed by atoms with Gasteiger partial charge in [-0.2, -0.15) is 0 Å². The van der Waals surface area contributed by atoms with Crippen LogP contribution in [0.2, 0.25) is 0 Å². The number of furan rings is 1. The molecule has 0 aliphatic rings. The van der Waals surface area contributed by atoms with Crippen molar-refractivity contribution in [2.75, 3.05) is 0 Å². The number of fused-ring (bicyclic) bond motifs is 2. The molecule has 1 unspecified atom stereocenters. The molecule has 0 radical (unpaired) electrons. The van der Waals surface area contributed by atoms with Gasteiger partial charge in [0.05, 0.1) is 17.8 Å². The van der Waals surface area contributed by atoms with Gasteiger partial charge in [0.15, 0.2) is 0 Å². The van der Waals surface area contributed by atoms with Gasteiger partial charge < -0.3 is 9.73 Å². The largest absolute Gasteiger partial charge is 0.459 e. The molecule has 0 fully saturated rings. The Morgan fingerprint density at radius 2 is 2.11 bits per heavy atom. The highest BCUT2D eigenvalue weighted by Crippen LogP contribution is 2.25. The second-order valence-corrected chi connectivity index (χ2v) is 8.14. The molecule has 1 N–H and O–H groups in total. The Morgan fingerprint density at radius 3 is 2.89 bits per heavy atom. The molecule has 1 atom stereocenters. The summed E-state index contributed by atoms with van der Waals surface area (Å²) in [6, 6.07) is 9.42. The van der Waals surface area contributed by atoms with Crippen molar-refractivity contribution in [3.63, 3.8) is 0 Å². The minimum atomic E-state index is -0.251. The van der Waals surface area contributed by atoms with Gasteiger partial charge in [0.1, 0.15) is 16.2 Å². The number of nitrogens with one attached hydrogen (secondary N) is 1. The molecule has 1 aromatic carbocycles. The number of para-hydroxylation sites is 1. The first-order valence-electron chi connectivity index (χ1n) is 9.17. The normalized spacial score (nSPS) is 12.5. The van der Waals surface area contributed by atoms with Crippen molar-refractivity contribution in [2.24, 2.45) is 0 Å². The van der Waals surface area contributed by atoms with E-state index in [4.69, 9.17) is 4.42 Å². The van der Waals surface area contributed by atoms with Gasteiger partial charge in [-0.1, -0.05) is 18.2 Å². The maximum absolute atomic E-state index is 12.7. The number of thiophene rings is 1. The van der Waals surface area contributed by atoms with E-state index in [1.807, 2.05) is 51.1 Å². The number of rotatable bonds is 5. The SMILES string of the molecule is Cc1sc2ncn(CCC(=O)NC(C)c3cc4ccccc4o3)c(=O)c2c1C. The lowest BCUT2D eigenvalue weighted by Crippen LogP contribution is -2.29. The number of hydrogen-bond donors (Lipinski definition) is 1. The molecular weight excluding hydrogens is 374 g/mol. The molecule has 0 saturated heterocycles. The first-order chi connectivity index (χ1) is 13.4. The van der Waals surface area contributed by atoms with Crippen molar-refractivity contribution in [3.05, 3.63) is 63.2 Å². The van der Waals surface area contributed by atoms with Gasteiger partial charge in [-0.15, -0.1) is 11.3 Å². The highest BCUT2D eigenvalue weighted by molar-refractivity contribution is 7.18. The van der Waals surface area contributed by atoms with Crippen LogP contribution in [0.3, 0.4) is 0 Å². The van der Waals surface area contributed by atoms with Gasteiger partial charge in [-0.25, -0.2) is 4.98 Å². The average molecular weight is 395 g/mol. The summed E-state index contributed by atoms with van der Waals surface area (Å²) in [5.74, 6) is 0.567. The van der Waals surface area contributed by atoms with Crippen molar-refractivity contribution in [1.29, 1.82) is 0 Å². The number of hydrogen-bond acceptors (Lipinski definition) is 5. The summed E-state index contributed by atoms with van der Waals surface area (Å²) in [6.07, 6.45) is 1.72. The molecule has 144 valence electrons. The third kappa shape index (κ3) is 3.33. The predicted octanol–water partition coefficient (Wildman–Crippen LogP) is 4.09. The Bertz CT molecular complexity index is 1200. The maximum Gasteiger partial charge on any atom is 0.262 e. The van der Waals surface area contributed by atoms with Gasteiger partial charge in [0.25, 0.3) is 5.56 Å². The Labute approximate surface area is 165 Å². The number of amides is 1. The van der Waals surface area contributed by atoms with Crippen LogP contribution in [0.1, 0.15) is 35.6 Å². The fraction of sp³-hybridized carbons (Fsp3) is 0.286. The fourth-order valence-corrected chi connectivity index (χ4v) is 4.24. The fourth-order valence-electron chi connectivity index (χ4n) is 3.25. The summed E-state index contributed by atoms with van der Waals surface area (Å²) in [4.78, 5) is 31.3. The minimum absolute atomic E-state index is 0.0926. The summed E-state index contributed by atoms with van der Waals surface area (Å²) >= 11 is 1.52. The van der Waals surface area contributed by atoms with Crippen LogP contribution in [0, 0.1) is 13.8 Å². The van der Waals surface area contributed by atoms with Crippen molar-refractivity contribution in [1.82, 2.24) is 14.9 Å². The molecule has 0 bridgehead atoms. The van der Waals surface area contributed by atoms with Gasteiger partial charge >= 0.3 is 0 Å². The zero-order valence-electron chi connectivity index (χ0n) is 16.0. The minimum Gasteiger partial charge on any atom is -0.459 e. The lowest BCUT2D eigenvalue weighted by molar-refractivity contribution is -0.122. The molecular formula is C21H21N3O3S. The van der Waals surface area contributed by atoms with Crippen molar-refractivity contribution < 1.29 is 9.21 Å². The second kappa shape index (κ2) is 7.24. The Morgan fingerprint density at radius 1 is 1.32 bits per heavy atom. The van der Waals surface area contributed by atoms with Crippen molar-refractivity contribution in [2.45, 2.75) is 39.8 Å². The molecule has 4 rings (SSSR count). The van der Waals surface area contributed by atoms with Crippen LogP contribution >= 0.6 is 11.3 Å². The van der Waals surface area contributed by atoms with Gasteiger partial charge in [-0.3, -0.25) is 14.2 Å². The Hall–Kier alpha value is -2.93. The van der Waals surface area contributed by atoms with E-state index >= 15 is 0 Å². The first-order valence-corrected chi connectivity index (χ1v) is 9.98. The van der Waals surface area contributed by atoms with Crippen LogP contribution in [0.25, 0.3) is 21.2 Å². The third-order valence-electron chi connectivity index (χ3n) is 4.98. The molecule has 3 heterocycles. The predicted molar refractivity (Wildman–Crippen MR) is 111 cm³/mol. The molecule has 0 aliphatic carbocycles. The molecule has 1 amide bonds. The van der Waals surface area contributed by atoms with Crippen molar-refractivity contribution >= 4 is 38.4 Å². The van der Waals surface area contributed by atoms with Crippen LogP contribution in [0.4, 0.5) is 0 Å². The third-order valence-corrected chi connectivity index (χ3v) is 6.10. The van der Waals surface area contributed by atoms with E-state index in [-0.39, 0.29) is 30.5 Å². The smallest absolute Gasteiger partial charge is 0.262 e. The van der Waals surface area contributed by atoms with Crippen LogP contribution in [0.15, 0.2) is 45.9 Å². The van der Waals surface area contributed by atoms with Crippen LogP contribution in [0.5, 0.6) is 0 Å². The number of aryl methyl sites for hydroxylation is 3. The monoisotopic (exact) mass is 395 g/mol. The summed E-state index contributed by atoms with van der Waals surface area (Å²) in [6.45, 7) is 6.09. The van der Waals surface area contributed by atoms with Crippen LogP contribution in [-0.4, -0.2) is 15.5 Å². The maximum atomic E-state index is 12.7. The number of carbonyl (C=O) groups excluding carboxylic acids is 1. The molecule has 0 saturated carbocycles. The van der Waals surface area contributed by atoms with E-state index in [9.17, 15) is 9.59 Å². The molecule has 7 heteroatoms. The average Bonchev–Trinajstić information content (AvgIpc) is 3.23. The summed E-state index contributed by atoms with van der Waals surface area (Å²) in [5, 5.41) is 4.59. The van der Waals surface area contributed by atoms with Gasteiger partial charge in [-0.05, 0) is 38.5 Å². The zero-order chi connectivity index (χ0) is 19.8. The lowest BCUT2D eigenvalue weighted by atomic mass is 10.2. The molecule has 0 aliphatic heterocycles. The molecule has 3 aromatic heterocycles. The first kappa shape index (κ1) is 18.4. The summed E-state index contributed by atoms with van der Waals surface area (Å²) in [5.41, 5.74) is 1.67. The lowest BCUT2D eigenvalue weighted by Gasteiger charge is -2.12. The Kier molecular flexibility index (Phi) is 4.77. The van der Waals surface area contributed by atoms with Crippen LogP contribution in [-0.2, 0) is 11.3 Å².